The van der Waals surface area contributed by atoms with Gasteiger partial charge in [0.05, 0.1) is 13.7 Å². The summed E-state index contributed by atoms with van der Waals surface area (Å²) in [6.07, 6.45) is -0.235. The number of hydrogen-bond acceptors (Lipinski definition) is 6. The minimum Gasteiger partial charge on any atom is -0.493 e. The Kier molecular flexibility index (Phi) is 9.23. The van der Waals surface area contributed by atoms with Gasteiger partial charge in [-0.2, -0.15) is 0 Å². The SMILES string of the molecule is CCOc1ccc(NC(=NC)NCCN2CCN(C(=O)OC(C)(C)C)CC2)cc1OC. The molecule has 0 atom stereocenters. The number of rotatable bonds is 7. The van der Waals surface area contributed by atoms with Gasteiger partial charge in [0, 0.05) is 58.1 Å². The van der Waals surface area contributed by atoms with E-state index in [1.807, 2.05) is 45.9 Å². The van der Waals surface area contributed by atoms with E-state index in [0.29, 0.717) is 37.2 Å². The molecule has 1 amide bonds. The zero-order valence-corrected chi connectivity index (χ0v) is 19.7. The second-order valence-corrected chi connectivity index (χ2v) is 8.23. The predicted octanol–water partition coefficient (Wildman–Crippen LogP) is 2.63. The van der Waals surface area contributed by atoms with Crippen LogP contribution in [0.4, 0.5) is 10.5 Å². The third-order valence-corrected chi connectivity index (χ3v) is 4.69. The van der Waals surface area contributed by atoms with Crippen molar-refractivity contribution in [3.05, 3.63) is 18.2 Å². The van der Waals surface area contributed by atoms with Gasteiger partial charge >= 0.3 is 6.09 Å². The van der Waals surface area contributed by atoms with Gasteiger partial charge in [-0.3, -0.25) is 9.89 Å². The molecule has 9 heteroatoms. The number of hydrogen-bond donors (Lipinski definition) is 2. The number of aliphatic imine (C=N–C) groups is 1. The molecule has 1 aromatic rings. The first kappa shape index (κ1) is 24.6. The van der Waals surface area contributed by atoms with Gasteiger partial charge < -0.3 is 29.7 Å². The van der Waals surface area contributed by atoms with E-state index in [9.17, 15) is 4.79 Å². The lowest BCUT2D eigenvalue weighted by atomic mass is 10.2. The summed E-state index contributed by atoms with van der Waals surface area (Å²) < 4.78 is 16.4. The van der Waals surface area contributed by atoms with Crippen molar-refractivity contribution in [1.29, 1.82) is 0 Å². The Morgan fingerprint density at radius 2 is 1.87 bits per heavy atom. The third-order valence-electron chi connectivity index (χ3n) is 4.69. The number of guanidine groups is 1. The minimum atomic E-state index is -0.464. The largest absolute Gasteiger partial charge is 0.493 e. The number of piperazine rings is 1. The van der Waals surface area contributed by atoms with Gasteiger partial charge in [0.25, 0.3) is 0 Å². The number of carbonyl (C=O) groups is 1. The zero-order valence-electron chi connectivity index (χ0n) is 19.7. The Hall–Kier alpha value is -2.68. The summed E-state index contributed by atoms with van der Waals surface area (Å²) >= 11 is 0. The molecule has 0 spiro atoms. The van der Waals surface area contributed by atoms with Crippen molar-refractivity contribution in [2.45, 2.75) is 33.3 Å². The lowest BCUT2D eigenvalue weighted by molar-refractivity contribution is 0.0147. The molecule has 2 N–H and O–H groups in total. The highest BCUT2D eigenvalue weighted by molar-refractivity contribution is 5.93. The van der Waals surface area contributed by atoms with E-state index in [0.717, 1.165) is 31.9 Å². The van der Waals surface area contributed by atoms with Gasteiger partial charge in [-0.15, -0.1) is 0 Å². The fourth-order valence-electron chi connectivity index (χ4n) is 3.15. The van der Waals surface area contributed by atoms with Crippen LogP contribution in [0.25, 0.3) is 0 Å². The Balaban J connectivity index is 1.76. The first-order valence-electron chi connectivity index (χ1n) is 10.7. The van der Waals surface area contributed by atoms with Crippen LogP contribution in [0, 0.1) is 0 Å². The van der Waals surface area contributed by atoms with Crippen LogP contribution < -0.4 is 20.1 Å². The number of carbonyl (C=O) groups excluding carboxylic acids is 1. The van der Waals surface area contributed by atoms with E-state index in [1.165, 1.54) is 0 Å². The lowest BCUT2D eigenvalue weighted by Gasteiger charge is -2.35. The van der Waals surface area contributed by atoms with Crippen molar-refractivity contribution in [2.24, 2.45) is 4.99 Å². The highest BCUT2D eigenvalue weighted by atomic mass is 16.6. The van der Waals surface area contributed by atoms with Crippen molar-refractivity contribution < 1.29 is 19.0 Å². The monoisotopic (exact) mass is 435 g/mol. The van der Waals surface area contributed by atoms with Gasteiger partial charge in [0.1, 0.15) is 5.60 Å². The van der Waals surface area contributed by atoms with Crippen LogP contribution in [0.2, 0.25) is 0 Å². The standard InChI is InChI=1S/C22H37N5O4/c1-7-30-18-9-8-17(16-19(18)29-6)25-20(23-5)24-10-11-26-12-14-27(15-13-26)21(28)31-22(2,3)4/h8-9,16H,7,10-15H2,1-6H3,(H2,23,24,25). The molecule has 1 aliphatic rings. The van der Waals surface area contributed by atoms with Gasteiger partial charge in [-0.05, 0) is 39.8 Å². The second kappa shape index (κ2) is 11.6. The summed E-state index contributed by atoms with van der Waals surface area (Å²) in [5.41, 5.74) is 0.397. The van der Waals surface area contributed by atoms with Crippen molar-refractivity contribution in [3.63, 3.8) is 0 Å². The number of nitrogens with zero attached hydrogens (tertiary/aromatic N) is 3. The Morgan fingerprint density at radius 1 is 1.16 bits per heavy atom. The number of methoxy groups -OCH3 is 1. The van der Waals surface area contributed by atoms with Crippen LogP contribution in [0.15, 0.2) is 23.2 Å². The highest BCUT2D eigenvalue weighted by Gasteiger charge is 2.25. The molecule has 0 radical (unpaired) electrons. The molecular weight excluding hydrogens is 398 g/mol. The van der Waals surface area contributed by atoms with Crippen LogP contribution in [0.1, 0.15) is 27.7 Å². The molecule has 1 saturated heterocycles. The van der Waals surface area contributed by atoms with E-state index in [4.69, 9.17) is 14.2 Å². The summed E-state index contributed by atoms with van der Waals surface area (Å²) in [4.78, 5) is 20.5. The molecule has 174 valence electrons. The average Bonchev–Trinajstić information content (AvgIpc) is 2.73. The molecule has 31 heavy (non-hydrogen) atoms. The molecule has 1 fully saturated rings. The molecule has 0 bridgehead atoms. The van der Waals surface area contributed by atoms with E-state index in [1.54, 1.807) is 19.1 Å². The van der Waals surface area contributed by atoms with Gasteiger partial charge in [-0.1, -0.05) is 0 Å². The van der Waals surface area contributed by atoms with Crippen LogP contribution in [-0.2, 0) is 4.74 Å². The summed E-state index contributed by atoms with van der Waals surface area (Å²) in [6, 6.07) is 5.69. The fraction of sp³-hybridized carbons (Fsp3) is 0.636. The Labute approximate surface area is 185 Å². The quantitative estimate of drug-likeness (QED) is 0.503. The van der Waals surface area contributed by atoms with Crippen LogP contribution in [-0.4, -0.2) is 87.5 Å². The van der Waals surface area contributed by atoms with Crippen molar-refractivity contribution >= 4 is 17.7 Å². The average molecular weight is 436 g/mol. The topological polar surface area (TPSA) is 87.7 Å². The maximum Gasteiger partial charge on any atom is 0.410 e. The molecule has 0 aliphatic carbocycles. The number of amides is 1. The summed E-state index contributed by atoms with van der Waals surface area (Å²) in [5, 5.41) is 6.60. The smallest absolute Gasteiger partial charge is 0.410 e. The van der Waals surface area contributed by atoms with Crippen molar-refractivity contribution in [3.8, 4) is 11.5 Å². The molecule has 0 unspecified atom stereocenters. The number of anilines is 1. The molecule has 0 saturated carbocycles. The van der Waals surface area contributed by atoms with Gasteiger partial charge in [0.15, 0.2) is 17.5 Å². The normalized spacial score (nSPS) is 15.4. The van der Waals surface area contributed by atoms with Crippen LogP contribution in [0.3, 0.4) is 0 Å². The van der Waals surface area contributed by atoms with E-state index in [-0.39, 0.29) is 6.09 Å². The Bertz CT molecular complexity index is 740. The summed E-state index contributed by atoms with van der Waals surface area (Å²) in [5.74, 6) is 2.06. The Morgan fingerprint density at radius 3 is 2.45 bits per heavy atom. The maximum absolute atomic E-state index is 12.2. The predicted molar refractivity (Wildman–Crippen MR) is 123 cm³/mol. The van der Waals surface area contributed by atoms with E-state index in [2.05, 4.69) is 20.5 Å². The number of nitrogens with one attached hydrogen (secondary N) is 2. The lowest BCUT2D eigenvalue weighted by Crippen LogP contribution is -2.51. The first-order chi connectivity index (χ1) is 14.8. The van der Waals surface area contributed by atoms with Gasteiger partial charge in [0.2, 0.25) is 0 Å². The van der Waals surface area contributed by atoms with E-state index < -0.39 is 5.60 Å². The molecule has 2 rings (SSSR count). The zero-order chi connectivity index (χ0) is 22.9. The first-order valence-corrected chi connectivity index (χ1v) is 10.7. The molecule has 1 aromatic carbocycles. The molecule has 0 aromatic heterocycles. The van der Waals surface area contributed by atoms with Crippen LogP contribution >= 0.6 is 0 Å². The summed E-state index contributed by atoms with van der Waals surface area (Å²) in [6.45, 7) is 12.8. The van der Waals surface area contributed by atoms with Crippen molar-refractivity contribution in [2.75, 3.05) is 65.3 Å². The molecule has 1 aliphatic heterocycles. The van der Waals surface area contributed by atoms with E-state index >= 15 is 0 Å². The number of ether oxygens (including phenoxy) is 3. The molecular formula is C22H37N5O4. The minimum absolute atomic E-state index is 0.235. The van der Waals surface area contributed by atoms with Crippen molar-refractivity contribution in [1.82, 2.24) is 15.1 Å². The maximum atomic E-state index is 12.2. The fourth-order valence-corrected chi connectivity index (χ4v) is 3.15. The highest BCUT2D eigenvalue weighted by Crippen LogP contribution is 2.30. The second-order valence-electron chi connectivity index (χ2n) is 8.23. The summed E-state index contributed by atoms with van der Waals surface area (Å²) in [7, 11) is 3.36. The van der Waals surface area contributed by atoms with Gasteiger partial charge in [-0.25, -0.2) is 4.79 Å². The van der Waals surface area contributed by atoms with Crippen LogP contribution in [0.5, 0.6) is 11.5 Å². The molecule has 1 heterocycles. The molecule has 9 nitrogen and oxygen atoms in total. The third kappa shape index (κ3) is 8.16. The number of benzene rings is 1.